The van der Waals surface area contributed by atoms with Crippen molar-refractivity contribution < 1.29 is 4.42 Å². The first-order valence-electron chi connectivity index (χ1n) is 7.83. The molecule has 5 heteroatoms. The summed E-state index contributed by atoms with van der Waals surface area (Å²) < 4.78 is 5.94. The minimum absolute atomic E-state index is 0.632. The molecule has 0 N–H and O–H groups in total. The van der Waals surface area contributed by atoms with Crippen molar-refractivity contribution in [1.29, 1.82) is 5.26 Å². The lowest BCUT2D eigenvalue weighted by Gasteiger charge is -2.14. The van der Waals surface area contributed by atoms with Gasteiger partial charge < -0.3 is 4.42 Å². The molecule has 0 saturated carbocycles. The highest BCUT2D eigenvalue weighted by atomic mass is 32.1. The Labute approximate surface area is 146 Å². The molecule has 4 nitrogen and oxygen atoms in total. The molecule has 24 heavy (non-hydrogen) atoms. The van der Waals surface area contributed by atoms with Crippen LogP contribution in [0.5, 0.6) is 0 Å². The quantitative estimate of drug-likeness (QED) is 0.674. The molecule has 0 fully saturated rings. The number of hydrogen-bond acceptors (Lipinski definition) is 5. The van der Waals surface area contributed by atoms with E-state index in [0.29, 0.717) is 5.56 Å². The molecule has 0 aliphatic rings. The van der Waals surface area contributed by atoms with E-state index in [2.05, 4.69) is 29.9 Å². The van der Waals surface area contributed by atoms with E-state index in [1.165, 1.54) is 4.88 Å². The van der Waals surface area contributed by atoms with Crippen molar-refractivity contribution >= 4 is 11.3 Å². The molecular formula is C19H19N3OS. The van der Waals surface area contributed by atoms with Gasteiger partial charge in [0.1, 0.15) is 11.5 Å². The zero-order valence-corrected chi connectivity index (χ0v) is 14.6. The topological polar surface area (TPSA) is 53.1 Å². The predicted octanol–water partition coefficient (Wildman–Crippen LogP) is 4.26. The maximum Gasteiger partial charge on any atom is 0.135 e. The van der Waals surface area contributed by atoms with Crippen molar-refractivity contribution in [3.8, 4) is 17.4 Å². The van der Waals surface area contributed by atoms with Crippen molar-refractivity contribution in [2.24, 2.45) is 0 Å². The van der Waals surface area contributed by atoms with Crippen LogP contribution in [0.4, 0.5) is 0 Å². The summed E-state index contributed by atoms with van der Waals surface area (Å²) in [5, 5.41) is 9.21. The zero-order valence-electron chi connectivity index (χ0n) is 13.8. The van der Waals surface area contributed by atoms with Crippen LogP contribution in [0.25, 0.3) is 11.3 Å². The smallest absolute Gasteiger partial charge is 0.135 e. The molecule has 0 aliphatic heterocycles. The summed E-state index contributed by atoms with van der Waals surface area (Å²) in [6.07, 6.45) is 0.998. The molecular weight excluding hydrogens is 318 g/mol. The Morgan fingerprint density at radius 1 is 1.25 bits per heavy atom. The van der Waals surface area contributed by atoms with E-state index >= 15 is 0 Å². The Morgan fingerprint density at radius 3 is 2.83 bits per heavy atom. The van der Waals surface area contributed by atoms with Crippen molar-refractivity contribution in [3.63, 3.8) is 0 Å². The Morgan fingerprint density at radius 2 is 2.08 bits per heavy atom. The molecule has 0 saturated heterocycles. The highest BCUT2D eigenvalue weighted by Gasteiger charge is 2.11. The first kappa shape index (κ1) is 16.4. The Kier molecular flexibility index (Phi) is 5.09. The van der Waals surface area contributed by atoms with Crippen molar-refractivity contribution in [2.75, 3.05) is 13.6 Å². The molecule has 2 heterocycles. The molecule has 0 radical (unpaired) electrons. The lowest BCUT2D eigenvalue weighted by molar-refractivity contribution is 0.300. The maximum atomic E-state index is 9.21. The predicted molar refractivity (Wildman–Crippen MR) is 95.7 cm³/mol. The minimum atomic E-state index is 0.632. The van der Waals surface area contributed by atoms with Crippen LogP contribution >= 0.6 is 11.3 Å². The summed E-state index contributed by atoms with van der Waals surface area (Å²) in [4.78, 5) is 7.86. The molecule has 3 rings (SSSR count). The summed E-state index contributed by atoms with van der Waals surface area (Å²) in [7, 11) is 2.09. The monoisotopic (exact) mass is 337 g/mol. The van der Waals surface area contributed by atoms with Gasteiger partial charge in [-0.25, -0.2) is 4.98 Å². The van der Waals surface area contributed by atoms with Crippen molar-refractivity contribution in [3.05, 3.63) is 63.8 Å². The minimum Gasteiger partial charge on any atom is -0.460 e. The van der Waals surface area contributed by atoms with Gasteiger partial charge in [-0.3, -0.25) is 4.90 Å². The average Bonchev–Trinajstić information content (AvgIpc) is 3.22. The molecule has 2 aromatic heterocycles. The van der Waals surface area contributed by atoms with Crippen LogP contribution in [-0.2, 0) is 13.0 Å². The van der Waals surface area contributed by atoms with Gasteiger partial charge in [-0.1, -0.05) is 12.1 Å². The fourth-order valence-electron chi connectivity index (χ4n) is 2.61. The third-order valence-electron chi connectivity index (χ3n) is 3.97. The van der Waals surface area contributed by atoms with Crippen LogP contribution in [0, 0.1) is 18.3 Å². The number of likely N-dealkylation sites (N-methyl/N-ethyl adjacent to an activating group) is 1. The largest absolute Gasteiger partial charge is 0.460 e. The van der Waals surface area contributed by atoms with E-state index in [1.807, 2.05) is 35.8 Å². The first-order chi connectivity index (χ1) is 11.7. The van der Waals surface area contributed by atoms with Crippen LogP contribution in [-0.4, -0.2) is 23.5 Å². The number of rotatable bonds is 6. The lowest BCUT2D eigenvalue weighted by Crippen LogP contribution is -2.20. The average molecular weight is 337 g/mol. The van der Waals surface area contributed by atoms with Gasteiger partial charge in [0.15, 0.2) is 0 Å². The third kappa shape index (κ3) is 3.73. The summed E-state index contributed by atoms with van der Waals surface area (Å²) in [5.41, 5.74) is 4.50. The third-order valence-corrected chi connectivity index (χ3v) is 4.96. The highest BCUT2D eigenvalue weighted by molar-refractivity contribution is 7.09. The van der Waals surface area contributed by atoms with Gasteiger partial charge in [-0.2, -0.15) is 5.26 Å². The lowest BCUT2D eigenvalue weighted by atomic mass is 10.1. The van der Waals surface area contributed by atoms with Gasteiger partial charge in [-0.05, 0) is 44.7 Å². The fraction of sp³-hybridized carbons (Fsp3) is 0.263. The van der Waals surface area contributed by atoms with Crippen LogP contribution in [0.1, 0.15) is 21.9 Å². The number of thiazole rings is 1. The molecule has 0 bridgehead atoms. The highest BCUT2D eigenvalue weighted by Crippen LogP contribution is 2.26. The molecule has 0 amide bonds. The first-order valence-corrected chi connectivity index (χ1v) is 8.71. The van der Waals surface area contributed by atoms with E-state index in [-0.39, 0.29) is 0 Å². The van der Waals surface area contributed by atoms with Gasteiger partial charge >= 0.3 is 0 Å². The second-order valence-electron chi connectivity index (χ2n) is 5.77. The number of furan rings is 1. The molecule has 122 valence electrons. The second-order valence-corrected chi connectivity index (χ2v) is 6.71. The molecule has 0 spiro atoms. The number of hydrogen-bond donors (Lipinski definition) is 0. The SMILES string of the molecule is Cc1ncsc1CCN(C)Cc1ccc(-c2ccccc2C#N)o1. The van der Waals surface area contributed by atoms with Crippen molar-refractivity contribution in [2.45, 2.75) is 19.9 Å². The maximum absolute atomic E-state index is 9.21. The summed E-state index contributed by atoms with van der Waals surface area (Å²) >= 11 is 1.71. The molecule has 0 atom stereocenters. The van der Waals surface area contributed by atoms with Gasteiger partial charge in [0, 0.05) is 17.0 Å². The van der Waals surface area contributed by atoms with Gasteiger partial charge in [0.25, 0.3) is 0 Å². The van der Waals surface area contributed by atoms with Gasteiger partial charge in [0.05, 0.1) is 29.4 Å². The second kappa shape index (κ2) is 7.43. The van der Waals surface area contributed by atoms with E-state index < -0.39 is 0 Å². The fourth-order valence-corrected chi connectivity index (χ4v) is 3.38. The summed E-state index contributed by atoms with van der Waals surface area (Å²) in [6, 6.07) is 13.6. The normalized spacial score (nSPS) is 10.9. The molecule has 0 aliphatic carbocycles. The zero-order chi connectivity index (χ0) is 16.9. The van der Waals surface area contributed by atoms with Gasteiger partial charge in [-0.15, -0.1) is 11.3 Å². The molecule has 0 unspecified atom stereocenters. The number of nitrogens with zero attached hydrogens (tertiary/aromatic N) is 3. The van der Waals surface area contributed by atoms with Crippen LogP contribution in [0.3, 0.4) is 0 Å². The van der Waals surface area contributed by atoms with Crippen LogP contribution in [0.2, 0.25) is 0 Å². The number of aromatic nitrogens is 1. The van der Waals surface area contributed by atoms with Crippen LogP contribution < -0.4 is 0 Å². The standard InChI is InChI=1S/C19H19N3OS/c1-14-19(24-13-21-14)9-10-22(2)12-16-7-8-18(23-16)17-6-4-3-5-15(17)11-20/h3-8,13H,9-10,12H2,1-2H3. The Bertz CT molecular complexity index is 859. The molecule has 3 aromatic rings. The number of benzene rings is 1. The van der Waals surface area contributed by atoms with Crippen LogP contribution in [0.15, 0.2) is 46.3 Å². The Balaban J connectivity index is 1.63. The molecule has 1 aromatic carbocycles. The Hall–Kier alpha value is -2.42. The van der Waals surface area contributed by atoms with E-state index in [1.54, 1.807) is 17.4 Å². The van der Waals surface area contributed by atoms with Gasteiger partial charge in [0.2, 0.25) is 0 Å². The number of nitriles is 1. The van der Waals surface area contributed by atoms with E-state index in [4.69, 9.17) is 4.42 Å². The summed E-state index contributed by atoms with van der Waals surface area (Å²) in [5.74, 6) is 1.65. The summed E-state index contributed by atoms with van der Waals surface area (Å²) in [6.45, 7) is 3.75. The number of aryl methyl sites for hydroxylation is 1. The van der Waals surface area contributed by atoms with Crippen molar-refractivity contribution in [1.82, 2.24) is 9.88 Å². The van der Waals surface area contributed by atoms with E-state index in [9.17, 15) is 5.26 Å². The van der Waals surface area contributed by atoms with E-state index in [0.717, 1.165) is 42.3 Å².